The van der Waals surface area contributed by atoms with Crippen LogP contribution in [0.15, 0.2) is 42.7 Å². The van der Waals surface area contributed by atoms with Crippen LogP contribution in [0.1, 0.15) is 36.3 Å². The summed E-state index contributed by atoms with van der Waals surface area (Å²) in [5.74, 6) is 1.67. The van der Waals surface area contributed by atoms with Crippen molar-refractivity contribution in [3.8, 4) is 0 Å². The Morgan fingerprint density at radius 3 is 2.62 bits per heavy atom. The summed E-state index contributed by atoms with van der Waals surface area (Å²) in [5.41, 5.74) is 2.64. The lowest BCUT2D eigenvalue weighted by atomic mass is 9.90. The molecule has 4 rings (SSSR count). The molecule has 1 amide bonds. The van der Waals surface area contributed by atoms with Crippen molar-refractivity contribution in [2.75, 3.05) is 13.1 Å². The Kier molecular flexibility index (Phi) is 4.13. The monoisotopic (exact) mass is 323 g/mol. The molecule has 1 aromatic heterocycles. The standard InChI is InChI=1S/C20H25N3O/c1-22-14-17(13-21-22)18-12-19(18)20(24)23-9-7-16(8-10-23)11-15-5-3-2-4-6-15/h2-6,13-14,16,18-19H,7-12H2,1H3/t18-,19-/m1/s1. The average Bonchev–Trinajstić information content (AvgIpc) is 3.30. The number of hydrogen-bond donors (Lipinski definition) is 0. The first kappa shape index (κ1) is 15.4. The zero-order chi connectivity index (χ0) is 16.5. The lowest BCUT2D eigenvalue weighted by molar-refractivity contribution is -0.134. The Bertz CT molecular complexity index is 701. The molecule has 0 N–H and O–H groups in total. The van der Waals surface area contributed by atoms with E-state index in [4.69, 9.17) is 0 Å². The van der Waals surface area contributed by atoms with Gasteiger partial charge in [0, 0.05) is 32.3 Å². The van der Waals surface area contributed by atoms with E-state index in [0.29, 0.717) is 17.7 Å². The molecule has 1 aliphatic carbocycles. The van der Waals surface area contributed by atoms with Gasteiger partial charge in [0.2, 0.25) is 5.91 Å². The van der Waals surface area contributed by atoms with Gasteiger partial charge in [0.05, 0.1) is 6.20 Å². The summed E-state index contributed by atoms with van der Waals surface area (Å²) in [5, 5.41) is 4.23. The van der Waals surface area contributed by atoms with Gasteiger partial charge in [-0.05, 0) is 48.6 Å². The predicted octanol–water partition coefficient (Wildman–Crippen LogP) is 3.00. The maximum atomic E-state index is 12.7. The molecule has 0 unspecified atom stereocenters. The third-order valence-corrected chi connectivity index (χ3v) is 5.55. The van der Waals surface area contributed by atoms with Gasteiger partial charge in [0.15, 0.2) is 0 Å². The highest BCUT2D eigenvalue weighted by atomic mass is 16.2. The van der Waals surface area contributed by atoms with Gasteiger partial charge in [-0.15, -0.1) is 0 Å². The molecule has 0 spiro atoms. The first-order valence-corrected chi connectivity index (χ1v) is 9.02. The summed E-state index contributed by atoms with van der Waals surface area (Å²) in [4.78, 5) is 14.8. The lowest BCUT2D eigenvalue weighted by Gasteiger charge is -2.32. The van der Waals surface area contributed by atoms with Gasteiger partial charge in [-0.1, -0.05) is 30.3 Å². The van der Waals surface area contributed by atoms with Crippen LogP contribution in [-0.4, -0.2) is 33.7 Å². The number of aryl methyl sites for hydroxylation is 1. The minimum atomic E-state index is 0.194. The third-order valence-electron chi connectivity index (χ3n) is 5.55. The fourth-order valence-corrected chi connectivity index (χ4v) is 4.01. The minimum absolute atomic E-state index is 0.194. The van der Waals surface area contributed by atoms with Gasteiger partial charge < -0.3 is 4.90 Å². The number of likely N-dealkylation sites (tertiary alicyclic amines) is 1. The molecular formula is C20H25N3O. The number of carbonyl (C=O) groups excluding carboxylic acids is 1. The quantitative estimate of drug-likeness (QED) is 0.867. The summed E-state index contributed by atoms with van der Waals surface area (Å²) in [6.07, 6.45) is 8.35. The second kappa shape index (κ2) is 6.42. The van der Waals surface area contributed by atoms with Crippen LogP contribution < -0.4 is 0 Å². The smallest absolute Gasteiger partial charge is 0.226 e. The average molecular weight is 323 g/mol. The summed E-state index contributed by atoms with van der Waals surface area (Å²) in [7, 11) is 1.93. The third kappa shape index (κ3) is 3.23. The van der Waals surface area contributed by atoms with Gasteiger partial charge in [0.25, 0.3) is 0 Å². The molecule has 1 saturated heterocycles. The zero-order valence-electron chi connectivity index (χ0n) is 14.3. The Morgan fingerprint density at radius 2 is 1.96 bits per heavy atom. The molecule has 0 bridgehead atoms. The normalized spacial score (nSPS) is 24.1. The summed E-state index contributed by atoms with van der Waals surface area (Å²) < 4.78 is 1.82. The van der Waals surface area contributed by atoms with Crippen LogP contribution in [0.5, 0.6) is 0 Å². The van der Waals surface area contributed by atoms with Crippen molar-refractivity contribution in [2.45, 2.75) is 31.6 Å². The molecule has 2 aliphatic rings. The van der Waals surface area contributed by atoms with Crippen LogP contribution in [-0.2, 0) is 18.3 Å². The van der Waals surface area contributed by atoms with Crippen molar-refractivity contribution in [3.63, 3.8) is 0 Å². The van der Waals surface area contributed by atoms with Crippen LogP contribution in [0.4, 0.5) is 0 Å². The van der Waals surface area contributed by atoms with Crippen molar-refractivity contribution in [1.29, 1.82) is 0 Å². The van der Waals surface area contributed by atoms with E-state index in [1.807, 2.05) is 24.1 Å². The van der Waals surface area contributed by atoms with E-state index in [1.165, 1.54) is 11.1 Å². The van der Waals surface area contributed by atoms with Crippen molar-refractivity contribution in [3.05, 3.63) is 53.9 Å². The first-order valence-electron chi connectivity index (χ1n) is 9.02. The molecule has 4 nitrogen and oxygen atoms in total. The molecule has 1 aromatic carbocycles. The van der Waals surface area contributed by atoms with Gasteiger partial charge in [0.1, 0.15) is 0 Å². The van der Waals surface area contributed by atoms with Gasteiger partial charge in [-0.2, -0.15) is 5.10 Å². The number of hydrogen-bond acceptors (Lipinski definition) is 2. The fourth-order valence-electron chi connectivity index (χ4n) is 4.01. The molecule has 24 heavy (non-hydrogen) atoms. The second-order valence-electron chi connectivity index (χ2n) is 7.35. The van der Waals surface area contributed by atoms with Gasteiger partial charge in [-0.25, -0.2) is 0 Å². The molecule has 1 saturated carbocycles. The number of benzene rings is 1. The Morgan fingerprint density at radius 1 is 1.21 bits per heavy atom. The zero-order valence-corrected chi connectivity index (χ0v) is 14.3. The molecule has 2 atom stereocenters. The predicted molar refractivity (Wildman–Crippen MR) is 93.5 cm³/mol. The molecule has 2 heterocycles. The van der Waals surface area contributed by atoms with Gasteiger partial charge in [-0.3, -0.25) is 9.48 Å². The van der Waals surface area contributed by atoms with Gasteiger partial charge >= 0.3 is 0 Å². The van der Waals surface area contributed by atoms with Crippen LogP contribution in [0, 0.1) is 11.8 Å². The molecule has 4 heteroatoms. The number of amides is 1. The SMILES string of the molecule is Cn1cc([C@H]2C[C@H]2C(=O)N2CCC(Cc3ccccc3)CC2)cn1. The number of piperidine rings is 1. The highest BCUT2D eigenvalue weighted by Gasteiger charge is 2.46. The Labute approximate surface area is 143 Å². The van der Waals surface area contributed by atoms with E-state index in [-0.39, 0.29) is 5.92 Å². The number of nitrogens with zero attached hydrogens (tertiary/aromatic N) is 3. The first-order chi connectivity index (χ1) is 11.7. The second-order valence-corrected chi connectivity index (χ2v) is 7.35. The van der Waals surface area contributed by atoms with Crippen LogP contribution in [0.25, 0.3) is 0 Å². The van der Waals surface area contributed by atoms with E-state index >= 15 is 0 Å². The Hall–Kier alpha value is -2.10. The summed E-state index contributed by atoms with van der Waals surface area (Å²) in [6.45, 7) is 1.85. The lowest BCUT2D eigenvalue weighted by Crippen LogP contribution is -2.40. The van der Waals surface area contributed by atoms with E-state index in [1.54, 1.807) is 0 Å². The van der Waals surface area contributed by atoms with Crippen molar-refractivity contribution in [1.82, 2.24) is 14.7 Å². The van der Waals surface area contributed by atoms with E-state index in [0.717, 1.165) is 38.8 Å². The maximum absolute atomic E-state index is 12.7. The maximum Gasteiger partial charge on any atom is 0.226 e. The number of aromatic nitrogens is 2. The summed E-state index contributed by atoms with van der Waals surface area (Å²) >= 11 is 0. The topological polar surface area (TPSA) is 38.1 Å². The van der Waals surface area contributed by atoms with Crippen LogP contribution in [0.3, 0.4) is 0 Å². The highest BCUT2D eigenvalue weighted by molar-refractivity contribution is 5.83. The molecule has 2 aromatic rings. The molecule has 126 valence electrons. The highest BCUT2D eigenvalue weighted by Crippen LogP contribution is 2.48. The molecule has 0 radical (unpaired) electrons. The fraction of sp³-hybridized carbons (Fsp3) is 0.500. The Balaban J connectivity index is 1.28. The largest absolute Gasteiger partial charge is 0.342 e. The van der Waals surface area contributed by atoms with Crippen LogP contribution in [0.2, 0.25) is 0 Å². The van der Waals surface area contributed by atoms with E-state index < -0.39 is 0 Å². The van der Waals surface area contributed by atoms with Crippen molar-refractivity contribution in [2.24, 2.45) is 18.9 Å². The molecule has 2 fully saturated rings. The van der Waals surface area contributed by atoms with E-state index in [9.17, 15) is 4.79 Å². The molecule has 1 aliphatic heterocycles. The summed E-state index contributed by atoms with van der Waals surface area (Å²) in [6, 6.07) is 10.7. The number of carbonyl (C=O) groups is 1. The minimum Gasteiger partial charge on any atom is -0.342 e. The number of rotatable bonds is 4. The van der Waals surface area contributed by atoms with Crippen molar-refractivity contribution >= 4 is 5.91 Å². The van der Waals surface area contributed by atoms with Crippen LogP contribution >= 0.6 is 0 Å². The van der Waals surface area contributed by atoms with Crippen molar-refractivity contribution < 1.29 is 4.79 Å². The van der Waals surface area contributed by atoms with E-state index in [2.05, 4.69) is 40.3 Å². The molecular weight excluding hydrogens is 298 g/mol.